The van der Waals surface area contributed by atoms with E-state index in [1.165, 1.54) is 12.0 Å². The average molecular weight is 350 g/mol. The molecule has 0 radical (unpaired) electrons. The first-order chi connectivity index (χ1) is 9.94. The molecule has 2 aliphatic rings. The zero-order valence-electron chi connectivity index (χ0n) is 12.3. The maximum Gasteiger partial charge on any atom is 0.148 e. The van der Waals surface area contributed by atoms with Gasteiger partial charge in [-0.15, -0.1) is 0 Å². The summed E-state index contributed by atoms with van der Waals surface area (Å²) in [6.07, 6.45) is 3.26. The predicted molar refractivity (Wildman–Crippen MR) is 84.9 cm³/mol. The van der Waals surface area contributed by atoms with Crippen LogP contribution < -0.4 is 5.32 Å². The quantitative estimate of drug-likeness (QED) is 0.763. The van der Waals surface area contributed by atoms with Crippen LogP contribution in [0.15, 0.2) is 10.5 Å². The highest BCUT2D eigenvalue weighted by molar-refractivity contribution is 9.10. The third-order valence-electron chi connectivity index (χ3n) is 4.98. The van der Waals surface area contributed by atoms with Crippen molar-refractivity contribution >= 4 is 21.6 Å². The fourth-order valence-electron chi connectivity index (χ4n) is 3.86. The molecule has 0 atom stereocenters. The van der Waals surface area contributed by atoms with Gasteiger partial charge >= 0.3 is 0 Å². The van der Waals surface area contributed by atoms with Crippen molar-refractivity contribution in [2.24, 2.45) is 7.05 Å². The van der Waals surface area contributed by atoms with Crippen molar-refractivity contribution in [1.29, 1.82) is 0 Å². The second kappa shape index (κ2) is 4.09. The molecule has 1 N–H and O–H groups in total. The van der Waals surface area contributed by atoms with E-state index >= 15 is 0 Å². The van der Waals surface area contributed by atoms with Gasteiger partial charge < -0.3 is 5.32 Å². The summed E-state index contributed by atoms with van der Waals surface area (Å²) in [6.45, 7) is 4.07. The topological polar surface area (TPSA) is 29.9 Å². The highest BCUT2D eigenvalue weighted by Gasteiger charge is 2.47. The van der Waals surface area contributed by atoms with Crippen LogP contribution in [0.3, 0.4) is 0 Å². The van der Waals surface area contributed by atoms with Gasteiger partial charge in [-0.2, -0.15) is 5.10 Å². The predicted octanol–water partition coefficient (Wildman–Crippen LogP) is 4.41. The van der Waals surface area contributed by atoms with Crippen LogP contribution in [0.25, 0.3) is 11.3 Å². The zero-order valence-corrected chi connectivity index (χ0v) is 13.9. The van der Waals surface area contributed by atoms with Gasteiger partial charge in [0.15, 0.2) is 0 Å². The third-order valence-corrected chi connectivity index (χ3v) is 5.81. The normalized spacial score (nSPS) is 18.0. The first-order valence-corrected chi connectivity index (χ1v) is 8.05. The number of nitrogens with one attached hydrogen (secondary N) is 1. The molecular weight excluding hydrogens is 333 g/mol. The molecule has 110 valence electrons. The highest BCUT2D eigenvalue weighted by Crippen LogP contribution is 2.55. The Morgan fingerprint density at radius 3 is 2.71 bits per heavy atom. The lowest BCUT2D eigenvalue weighted by Gasteiger charge is -2.47. The Hall–Kier alpha value is -1.36. The average Bonchev–Trinajstić information content (AvgIpc) is 2.69. The van der Waals surface area contributed by atoms with Crippen molar-refractivity contribution in [3.8, 4) is 11.3 Å². The molecule has 1 aliphatic carbocycles. The molecule has 1 aromatic carbocycles. The molecule has 1 fully saturated rings. The molecule has 3 nitrogen and oxygen atoms in total. The molecule has 0 amide bonds. The van der Waals surface area contributed by atoms with E-state index in [1.807, 2.05) is 18.7 Å². The SMILES string of the molecule is Cc1nn(C)c2c1C1(CCC1)Nc1c(F)cc(Br)c(C)c1-2. The monoisotopic (exact) mass is 349 g/mol. The van der Waals surface area contributed by atoms with E-state index in [1.54, 1.807) is 6.07 Å². The van der Waals surface area contributed by atoms with Gasteiger partial charge in [0.05, 0.1) is 22.6 Å². The Morgan fingerprint density at radius 1 is 1.38 bits per heavy atom. The number of halogens is 2. The Morgan fingerprint density at radius 2 is 2.10 bits per heavy atom. The van der Waals surface area contributed by atoms with Gasteiger partial charge in [0.2, 0.25) is 0 Å². The molecule has 0 unspecified atom stereocenters. The van der Waals surface area contributed by atoms with Gasteiger partial charge in [0.1, 0.15) is 5.82 Å². The van der Waals surface area contributed by atoms with E-state index in [0.717, 1.165) is 39.8 Å². The molecule has 1 saturated carbocycles. The van der Waals surface area contributed by atoms with Gasteiger partial charge in [0, 0.05) is 22.6 Å². The highest BCUT2D eigenvalue weighted by atomic mass is 79.9. The van der Waals surface area contributed by atoms with Crippen LogP contribution in [-0.2, 0) is 12.6 Å². The van der Waals surface area contributed by atoms with Crippen molar-refractivity contribution < 1.29 is 4.39 Å². The Kier molecular flexibility index (Phi) is 2.60. The molecular formula is C16H17BrFN3. The molecule has 5 heteroatoms. The van der Waals surface area contributed by atoms with Crippen LogP contribution >= 0.6 is 15.9 Å². The number of fused-ring (bicyclic) bond motifs is 4. The second-order valence-electron chi connectivity index (χ2n) is 6.21. The van der Waals surface area contributed by atoms with Gasteiger partial charge in [-0.05, 0) is 44.7 Å². The molecule has 1 spiro atoms. The van der Waals surface area contributed by atoms with E-state index in [9.17, 15) is 4.39 Å². The Labute approximate surface area is 131 Å². The van der Waals surface area contributed by atoms with E-state index in [4.69, 9.17) is 0 Å². The van der Waals surface area contributed by atoms with E-state index in [2.05, 4.69) is 33.3 Å². The van der Waals surface area contributed by atoms with Crippen molar-refractivity contribution in [1.82, 2.24) is 9.78 Å². The molecule has 1 aromatic heterocycles. The molecule has 1 aliphatic heterocycles. The van der Waals surface area contributed by atoms with Gasteiger partial charge in [0.25, 0.3) is 0 Å². The van der Waals surface area contributed by atoms with Crippen LogP contribution in [-0.4, -0.2) is 9.78 Å². The lowest BCUT2D eigenvalue weighted by Crippen LogP contribution is -2.45. The first-order valence-electron chi connectivity index (χ1n) is 7.26. The minimum absolute atomic E-state index is 0.123. The molecule has 2 heterocycles. The molecule has 0 bridgehead atoms. The standard InChI is InChI=1S/C16H17BrFN3/c1-8-10(17)7-11(18)14-12(8)15-13(9(2)20-21(15)3)16(19-14)5-4-6-16/h7,19H,4-6H2,1-3H3. The number of anilines is 1. The zero-order chi connectivity index (χ0) is 14.9. The molecule has 4 rings (SSSR count). The van der Waals surface area contributed by atoms with E-state index in [0.29, 0.717) is 5.69 Å². The van der Waals surface area contributed by atoms with Crippen molar-refractivity contribution in [3.05, 3.63) is 33.2 Å². The number of rotatable bonds is 0. The molecule has 2 aromatic rings. The van der Waals surface area contributed by atoms with Crippen molar-refractivity contribution in [2.45, 2.75) is 38.6 Å². The summed E-state index contributed by atoms with van der Waals surface area (Å²) >= 11 is 3.47. The minimum Gasteiger partial charge on any atom is -0.372 e. The summed E-state index contributed by atoms with van der Waals surface area (Å²) < 4.78 is 17.2. The largest absolute Gasteiger partial charge is 0.372 e. The maximum atomic E-state index is 14.5. The van der Waals surface area contributed by atoms with Gasteiger partial charge in [-0.25, -0.2) is 4.39 Å². The third kappa shape index (κ3) is 1.55. The van der Waals surface area contributed by atoms with Crippen LogP contribution in [0.4, 0.5) is 10.1 Å². The van der Waals surface area contributed by atoms with Gasteiger partial charge in [-0.3, -0.25) is 4.68 Å². The maximum absolute atomic E-state index is 14.5. The fourth-order valence-corrected chi connectivity index (χ4v) is 4.26. The summed E-state index contributed by atoms with van der Waals surface area (Å²) in [5.41, 5.74) is 5.87. The summed E-state index contributed by atoms with van der Waals surface area (Å²) in [5, 5.41) is 8.12. The van der Waals surface area contributed by atoms with Crippen LogP contribution in [0.2, 0.25) is 0 Å². The van der Waals surface area contributed by atoms with Crippen LogP contribution in [0.1, 0.15) is 36.1 Å². The second-order valence-corrected chi connectivity index (χ2v) is 7.06. The lowest BCUT2D eigenvalue weighted by atomic mass is 9.68. The number of hydrogen-bond donors (Lipinski definition) is 1. The van der Waals surface area contributed by atoms with Gasteiger partial charge in [-0.1, -0.05) is 15.9 Å². The smallest absolute Gasteiger partial charge is 0.148 e. The summed E-state index contributed by atoms with van der Waals surface area (Å²) in [6, 6.07) is 1.56. The summed E-state index contributed by atoms with van der Waals surface area (Å²) in [5.74, 6) is -0.196. The number of benzene rings is 1. The Bertz CT molecular complexity index is 775. The molecule has 21 heavy (non-hydrogen) atoms. The van der Waals surface area contributed by atoms with Crippen LogP contribution in [0, 0.1) is 19.7 Å². The Balaban J connectivity index is 2.12. The number of hydrogen-bond acceptors (Lipinski definition) is 2. The lowest BCUT2D eigenvalue weighted by molar-refractivity contribution is 0.280. The molecule has 0 saturated heterocycles. The fraction of sp³-hybridized carbons (Fsp3) is 0.438. The first kappa shape index (κ1) is 13.3. The summed E-state index contributed by atoms with van der Waals surface area (Å²) in [4.78, 5) is 0. The van der Waals surface area contributed by atoms with Crippen molar-refractivity contribution in [2.75, 3.05) is 5.32 Å². The number of aryl methyl sites for hydroxylation is 2. The number of aromatic nitrogens is 2. The minimum atomic E-state index is -0.196. The van der Waals surface area contributed by atoms with Crippen molar-refractivity contribution in [3.63, 3.8) is 0 Å². The number of nitrogens with zero attached hydrogens (tertiary/aromatic N) is 2. The van der Waals surface area contributed by atoms with Crippen LogP contribution in [0.5, 0.6) is 0 Å². The van der Waals surface area contributed by atoms with E-state index < -0.39 is 0 Å². The van der Waals surface area contributed by atoms with E-state index in [-0.39, 0.29) is 11.4 Å². The summed E-state index contributed by atoms with van der Waals surface area (Å²) in [7, 11) is 1.95.